The second-order valence-electron chi connectivity index (χ2n) is 21.6. The molecule has 3 atom stereocenters. The van der Waals surface area contributed by atoms with Gasteiger partial charge in [0, 0.05) is 32.8 Å². The molecule has 0 radical (unpaired) electrons. The molecule has 9 heteroatoms. The van der Waals surface area contributed by atoms with Gasteiger partial charge in [-0.3, -0.25) is 14.4 Å². The number of pyridine rings is 3. The van der Waals surface area contributed by atoms with Crippen LogP contribution >= 0.6 is 0 Å². The van der Waals surface area contributed by atoms with Crippen LogP contribution in [0, 0.1) is 20.8 Å². The maximum absolute atomic E-state index is 13.5. The summed E-state index contributed by atoms with van der Waals surface area (Å²) in [6.45, 7) is 12.2. The van der Waals surface area contributed by atoms with E-state index in [9.17, 15) is 14.4 Å². The first kappa shape index (κ1) is 59.8. The first-order valence-electron chi connectivity index (χ1n) is 30.0. The lowest BCUT2D eigenvalue weighted by atomic mass is 9.96. The lowest BCUT2D eigenvalue weighted by Crippen LogP contribution is -2.29. The molecule has 0 saturated carbocycles. The third-order valence-electron chi connectivity index (χ3n) is 16.0. The van der Waals surface area contributed by atoms with Crippen molar-refractivity contribution in [2.45, 2.75) is 78.9 Å². The molecule has 3 N–H and O–H groups in total. The molecule has 432 valence electrons. The Balaban J connectivity index is 0.000000144. The number of fused-ring (bicyclic) bond motifs is 3. The zero-order chi connectivity index (χ0) is 60.7. The molecule has 0 aliphatic rings. The van der Waals surface area contributed by atoms with Crippen LogP contribution in [0.4, 0.5) is 0 Å². The number of carbonyl (C=O) groups is 3. The summed E-state index contributed by atoms with van der Waals surface area (Å²) >= 11 is 0. The Labute approximate surface area is 510 Å². The predicted molar refractivity (Wildman–Crippen MR) is 357 cm³/mol. The minimum absolute atomic E-state index is 0.0322. The maximum atomic E-state index is 13.5. The molecule has 0 bridgehead atoms. The molecular weight excluding hydrogens is 1070 g/mol. The minimum atomic E-state index is -0.0611. The van der Waals surface area contributed by atoms with Crippen LogP contribution in [-0.2, 0) is 0 Å². The fraction of sp³-hybridized carbons (Fsp3) is 0.154. The largest absolute Gasteiger partial charge is 0.345 e. The normalized spacial score (nSPS) is 11.9. The highest BCUT2D eigenvalue weighted by Crippen LogP contribution is 2.34. The highest BCUT2D eigenvalue weighted by Gasteiger charge is 2.25. The summed E-state index contributed by atoms with van der Waals surface area (Å²) in [5.41, 5.74) is 16.2. The monoisotopic (exact) mass is 1140 g/mol. The van der Waals surface area contributed by atoms with Gasteiger partial charge in [0.05, 0.1) is 68.4 Å². The molecule has 0 spiro atoms. The molecule has 0 saturated heterocycles. The quantitative estimate of drug-likeness (QED) is 0.0939. The Morgan fingerprint density at radius 2 is 0.506 bits per heavy atom. The number of nitrogens with zero attached hydrogens (tertiary/aromatic N) is 3. The predicted octanol–water partition coefficient (Wildman–Crippen LogP) is 18.3. The number of benzene rings is 9. The summed E-state index contributed by atoms with van der Waals surface area (Å²) < 4.78 is 0. The van der Waals surface area contributed by atoms with Gasteiger partial charge in [-0.15, -0.1) is 0 Å². The van der Waals surface area contributed by atoms with Gasteiger partial charge in [0.2, 0.25) is 0 Å². The lowest BCUT2D eigenvalue weighted by Gasteiger charge is -2.20. The average molecular weight is 1140 g/mol. The molecule has 0 aliphatic heterocycles. The van der Waals surface area contributed by atoms with E-state index >= 15 is 0 Å². The van der Waals surface area contributed by atoms with Gasteiger partial charge >= 0.3 is 0 Å². The van der Waals surface area contributed by atoms with Gasteiger partial charge < -0.3 is 16.0 Å². The Hall–Kier alpha value is -10.4. The van der Waals surface area contributed by atoms with Gasteiger partial charge in [0.15, 0.2) is 0 Å². The van der Waals surface area contributed by atoms with E-state index in [-0.39, 0.29) is 35.8 Å². The van der Waals surface area contributed by atoms with Crippen molar-refractivity contribution >= 4 is 50.4 Å². The summed E-state index contributed by atoms with van der Waals surface area (Å²) in [6.07, 6.45) is 2.47. The van der Waals surface area contributed by atoms with E-state index in [1.165, 1.54) is 0 Å². The highest BCUT2D eigenvalue weighted by atomic mass is 16.2. The molecule has 3 heterocycles. The number of rotatable bonds is 15. The van der Waals surface area contributed by atoms with E-state index in [0.717, 1.165) is 119 Å². The van der Waals surface area contributed by atoms with Crippen LogP contribution in [0.25, 0.3) is 66.5 Å². The third-order valence-corrected chi connectivity index (χ3v) is 16.0. The SMILES string of the molecule is CC[C@H](NC(=O)c1c(C)c(-c2ccccc2)nc2ccccc12)c1ccccc1.CC[C@H](NC(=O)c1c(C)c(-c2ccccc2)nc2ccccc12)c1ccccc1.CC[C@H](NC(=O)c1c(C)c(-c2ccccc2)nc2ccccc12)c1ccccc1. The van der Waals surface area contributed by atoms with Crippen LogP contribution < -0.4 is 16.0 Å². The molecule has 9 aromatic carbocycles. The van der Waals surface area contributed by atoms with Crippen molar-refractivity contribution in [1.82, 2.24) is 30.9 Å². The number of para-hydroxylation sites is 3. The fourth-order valence-corrected chi connectivity index (χ4v) is 11.4. The van der Waals surface area contributed by atoms with Crippen LogP contribution in [-0.4, -0.2) is 32.7 Å². The molecule has 0 aliphatic carbocycles. The van der Waals surface area contributed by atoms with E-state index in [1.807, 2.05) is 239 Å². The molecule has 0 unspecified atom stereocenters. The van der Waals surface area contributed by atoms with Gasteiger partial charge in [-0.2, -0.15) is 0 Å². The summed E-state index contributed by atoms with van der Waals surface area (Å²) in [4.78, 5) is 55.0. The minimum Gasteiger partial charge on any atom is -0.345 e. The fourth-order valence-electron chi connectivity index (χ4n) is 11.4. The van der Waals surface area contributed by atoms with Crippen LogP contribution in [0.15, 0.2) is 255 Å². The summed E-state index contributed by atoms with van der Waals surface area (Å²) in [7, 11) is 0. The summed E-state index contributed by atoms with van der Waals surface area (Å²) in [5, 5.41) is 12.4. The topological polar surface area (TPSA) is 126 Å². The van der Waals surface area contributed by atoms with Gasteiger partial charge in [0.1, 0.15) is 0 Å². The van der Waals surface area contributed by atoms with Crippen molar-refractivity contribution in [3.63, 3.8) is 0 Å². The Morgan fingerprint density at radius 1 is 0.299 bits per heavy atom. The van der Waals surface area contributed by atoms with Gasteiger partial charge in [-0.1, -0.05) is 257 Å². The number of amides is 3. The van der Waals surface area contributed by atoms with Crippen molar-refractivity contribution in [3.8, 4) is 33.8 Å². The second kappa shape index (κ2) is 28.5. The summed E-state index contributed by atoms with van der Waals surface area (Å²) in [5.74, 6) is -0.183. The van der Waals surface area contributed by atoms with Gasteiger partial charge in [-0.25, -0.2) is 15.0 Å². The van der Waals surface area contributed by atoms with Crippen molar-refractivity contribution in [2.75, 3.05) is 0 Å². The molecule has 3 amide bonds. The Morgan fingerprint density at radius 3 is 0.736 bits per heavy atom. The van der Waals surface area contributed by atoms with Crippen molar-refractivity contribution in [1.29, 1.82) is 0 Å². The highest BCUT2D eigenvalue weighted by molar-refractivity contribution is 6.11. The van der Waals surface area contributed by atoms with E-state index < -0.39 is 0 Å². The van der Waals surface area contributed by atoms with Gasteiger partial charge in [-0.05, 0) is 91.6 Å². The second-order valence-corrected chi connectivity index (χ2v) is 21.6. The summed E-state index contributed by atoms with van der Waals surface area (Å²) in [6, 6.07) is 83.9. The van der Waals surface area contributed by atoms with Crippen LogP contribution in [0.3, 0.4) is 0 Å². The van der Waals surface area contributed by atoms with Crippen molar-refractivity contribution in [3.05, 3.63) is 305 Å². The third kappa shape index (κ3) is 13.8. The average Bonchev–Trinajstić information content (AvgIpc) is 3.08. The molecule has 12 rings (SSSR count). The molecule has 87 heavy (non-hydrogen) atoms. The maximum Gasteiger partial charge on any atom is 0.252 e. The first-order chi connectivity index (χ1) is 42.6. The van der Waals surface area contributed by atoms with E-state index in [1.54, 1.807) is 0 Å². The standard InChI is InChI=1S/3C26H24N2O/c3*1-3-22(19-12-6-4-7-13-19)28-26(29)24-18(2)25(20-14-8-5-9-15-20)27-23-17-11-10-16-21(23)24/h3*4-17,22H,3H2,1-2H3,(H,28,29)/t3*22-/m000/s1. The Kier molecular flexibility index (Phi) is 19.6. The molecule has 3 aromatic heterocycles. The van der Waals surface area contributed by atoms with E-state index in [2.05, 4.69) is 73.1 Å². The van der Waals surface area contributed by atoms with E-state index in [0.29, 0.717) is 16.7 Å². The van der Waals surface area contributed by atoms with Crippen molar-refractivity contribution < 1.29 is 14.4 Å². The number of hydrogen-bond donors (Lipinski definition) is 3. The van der Waals surface area contributed by atoms with Crippen LogP contribution in [0.5, 0.6) is 0 Å². The van der Waals surface area contributed by atoms with Gasteiger partial charge in [0.25, 0.3) is 17.7 Å². The van der Waals surface area contributed by atoms with Crippen LogP contribution in [0.2, 0.25) is 0 Å². The molecule has 12 aromatic rings. The Bertz CT molecular complexity index is 3860. The first-order valence-corrected chi connectivity index (χ1v) is 30.0. The van der Waals surface area contributed by atoms with E-state index in [4.69, 9.17) is 15.0 Å². The van der Waals surface area contributed by atoms with Crippen LogP contribution in [0.1, 0.15) is 123 Å². The number of nitrogens with one attached hydrogen (secondary N) is 3. The molecular formula is C78H72N6O3. The molecule has 9 nitrogen and oxygen atoms in total. The molecule has 0 fully saturated rings. The van der Waals surface area contributed by atoms with Crippen molar-refractivity contribution in [2.24, 2.45) is 0 Å². The number of hydrogen-bond acceptors (Lipinski definition) is 6. The lowest BCUT2D eigenvalue weighted by molar-refractivity contribution is 0.0928. The smallest absolute Gasteiger partial charge is 0.252 e. The zero-order valence-corrected chi connectivity index (χ0v) is 50.2. The zero-order valence-electron chi connectivity index (χ0n) is 50.2. The number of carbonyl (C=O) groups excluding carboxylic acids is 3. The number of aromatic nitrogens is 3.